The Balaban J connectivity index is 1.49. The molecule has 0 amide bonds. The molecule has 3 heteroatoms. The van der Waals surface area contributed by atoms with Crippen LogP contribution in [-0.2, 0) is 6.42 Å². The lowest BCUT2D eigenvalue weighted by molar-refractivity contribution is 0.217. The number of aromatic nitrogens is 1. The maximum absolute atomic E-state index is 4.43. The van der Waals surface area contributed by atoms with E-state index in [4.69, 9.17) is 0 Å². The maximum Gasteiger partial charge on any atom is 0.0416 e. The average molecular weight is 259 g/mol. The molecule has 0 spiro atoms. The molecule has 3 nitrogen and oxygen atoms in total. The summed E-state index contributed by atoms with van der Waals surface area (Å²) in [5, 5.41) is 3.67. The summed E-state index contributed by atoms with van der Waals surface area (Å²) in [6.07, 6.45) is 9.89. The third kappa shape index (κ3) is 4.02. The van der Waals surface area contributed by atoms with Gasteiger partial charge in [-0.25, -0.2) is 0 Å². The van der Waals surface area contributed by atoms with Crippen LogP contribution in [0, 0.1) is 0 Å². The molecule has 1 aliphatic carbocycles. The fourth-order valence-corrected chi connectivity index (χ4v) is 3.03. The summed E-state index contributed by atoms with van der Waals surface area (Å²) in [6, 6.07) is 7.80. The van der Waals surface area contributed by atoms with Crippen LogP contribution in [0.1, 0.15) is 37.8 Å². The fourth-order valence-electron chi connectivity index (χ4n) is 3.03. The summed E-state index contributed by atoms with van der Waals surface area (Å²) >= 11 is 0. The summed E-state index contributed by atoms with van der Waals surface area (Å²) < 4.78 is 0. The monoisotopic (exact) mass is 259 g/mol. The molecule has 1 aromatic heterocycles. The first-order chi connectivity index (χ1) is 9.42. The molecule has 2 aliphatic rings. The van der Waals surface area contributed by atoms with Gasteiger partial charge >= 0.3 is 0 Å². The molecule has 104 valence electrons. The van der Waals surface area contributed by atoms with Gasteiger partial charge in [0.05, 0.1) is 0 Å². The second-order valence-corrected chi connectivity index (χ2v) is 5.94. The number of pyridine rings is 1. The topological polar surface area (TPSA) is 28.2 Å². The van der Waals surface area contributed by atoms with E-state index in [1.807, 2.05) is 12.3 Å². The van der Waals surface area contributed by atoms with Gasteiger partial charge < -0.3 is 5.32 Å². The molecule has 1 aliphatic heterocycles. The molecule has 1 aromatic rings. The Hall–Kier alpha value is -0.930. The standard InChI is InChI=1S/C16H25N3/c1-3-10-17-14(5-1)9-12-19(16-7-8-16)13-15-6-2-4-11-18-15/h1,3,5,10,15-16,18H,2,4,6-9,11-13H2. The van der Waals surface area contributed by atoms with Gasteiger partial charge in [-0.1, -0.05) is 12.5 Å². The van der Waals surface area contributed by atoms with Gasteiger partial charge in [0.2, 0.25) is 0 Å². The van der Waals surface area contributed by atoms with Crippen LogP contribution in [0.15, 0.2) is 24.4 Å². The number of piperidine rings is 1. The second kappa shape index (κ2) is 6.49. The van der Waals surface area contributed by atoms with Crippen molar-refractivity contribution >= 4 is 0 Å². The first-order valence-corrected chi connectivity index (χ1v) is 7.79. The van der Waals surface area contributed by atoms with E-state index >= 15 is 0 Å². The zero-order valence-electron chi connectivity index (χ0n) is 11.7. The number of hydrogen-bond donors (Lipinski definition) is 1. The van der Waals surface area contributed by atoms with Crippen molar-refractivity contribution in [3.63, 3.8) is 0 Å². The summed E-state index contributed by atoms with van der Waals surface area (Å²) in [4.78, 5) is 7.13. The highest BCUT2D eigenvalue weighted by Gasteiger charge is 2.30. The van der Waals surface area contributed by atoms with Gasteiger partial charge in [-0.3, -0.25) is 9.88 Å². The van der Waals surface area contributed by atoms with E-state index in [1.54, 1.807) is 0 Å². The Morgan fingerprint density at radius 1 is 1.21 bits per heavy atom. The van der Waals surface area contributed by atoms with Crippen molar-refractivity contribution in [2.45, 2.75) is 50.6 Å². The van der Waals surface area contributed by atoms with Gasteiger partial charge in [-0.05, 0) is 44.4 Å². The molecule has 1 saturated carbocycles. The highest BCUT2D eigenvalue weighted by atomic mass is 15.2. The van der Waals surface area contributed by atoms with Crippen LogP contribution in [0.5, 0.6) is 0 Å². The van der Waals surface area contributed by atoms with Crippen molar-refractivity contribution in [3.8, 4) is 0 Å². The zero-order chi connectivity index (χ0) is 12.9. The van der Waals surface area contributed by atoms with E-state index in [-0.39, 0.29) is 0 Å². The first-order valence-electron chi connectivity index (χ1n) is 7.79. The minimum atomic E-state index is 0.720. The van der Waals surface area contributed by atoms with Gasteiger partial charge in [-0.2, -0.15) is 0 Å². The van der Waals surface area contributed by atoms with E-state index in [2.05, 4.69) is 27.3 Å². The van der Waals surface area contributed by atoms with Gasteiger partial charge in [0, 0.05) is 43.5 Å². The summed E-state index contributed by atoms with van der Waals surface area (Å²) in [5.41, 5.74) is 1.23. The number of nitrogens with zero attached hydrogens (tertiary/aromatic N) is 2. The molecule has 0 bridgehead atoms. The lowest BCUT2D eigenvalue weighted by Gasteiger charge is -2.30. The molecule has 1 saturated heterocycles. The van der Waals surface area contributed by atoms with E-state index in [0.717, 1.165) is 18.5 Å². The van der Waals surface area contributed by atoms with E-state index in [0.29, 0.717) is 0 Å². The molecule has 1 atom stereocenters. The van der Waals surface area contributed by atoms with Gasteiger partial charge in [0.15, 0.2) is 0 Å². The normalized spacial score (nSPS) is 23.7. The third-order valence-corrected chi connectivity index (χ3v) is 4.31. The Labute approximate surface area is 116 Å². The molecular formula is C16H25N3. The smallest absolute Gasteiger partial charge is 0.0416 e. The minimum Gasteiger partial charge on any atom is -0.313 e. The molecule has 1 N–H and O–H groups in total. The van der Waals surface area contributed by atoms with Crippen molar-refractivity contribution in [2.75, 3.05) is 19.6 Å². The summed E-state index contributed by atoms with van der Waals surface area (Å²) in [5.74, 6) is 0. The molecule has 19 heavy (non-hydrogen) atoms. The van der Waals surface area contributed by atoms with Crippen molar-refractivity contribution in [3.05, 3.63) is 30.1 Å². The van der Waals surface area contributed by atoms with Crippen LogP contribution in [0.2, 0.25) is 0 Å². The van der Waals surface area contributed by atoms with Gasteiger partial charge in [-0.15, -0.1) is 0 Å². The fraction of sp³-hybridized carbons (Fsp3) is 0.688. The molecular weight excluding hydrogens is 234 g/mol. The first kappa shape index (κ1) is 13.1. The molecule has 0 aromatic carbocycles. The number of hydrogen-bond acceptors (Lipinski definition) is 3. The molecule has 0 radical (unpaired) electrons. The Bertz CT molecular complexity index is 369. The molecule has 2 heterocycles. The van der Waals surface area contributed by atoms with Crippen LogP contribution in [-0.4, -0.2) is 41.6 Å². The Kier molecular flexibility index (Phi) is 4.46. The predicted octanol–water partition coefficient (Wildman–Crippen LogP) is 2.23. The van der Waals surface area contributed by atoms with E-state index < -0.39 is 0 Å². The second-order valence-electron chi connectivity index (χ2n) is 5.94. The third-order valence-electron chi connectivity index (χ3n) is 4.31. The number of nitrogens with one attached hydrogen (secondary N) is 1. The van der Waals surface area contributed by atoms with Crippen LogP contribution < -0.4 is 5.32 Å². The predicted molar refractivity (Wildman–Crippen MR) is 78.2 cm³/mol. The van der Waals surface area contributed by atoms with Crippen LogP contribution in [0.3, 0.4) is 0 Å². The van der Waals surface area contributed by atoms with Crippen molar-refractivity contribution in [1.82, 2.24) is 15.2 Å². The zero-order valence-corrected chi connectivity index (χ0v) is 11.7. The van der Waals surface area contributed by atoms with Gasteiger partial charge in [0.25, 0.3) is 0 Å². The minimum absolute atomic E-state index is 0.720. The largest absolute Gasteiger partial charge is 0.313 e. The summed E-state index contributed by atoms with van der Waals surface area (Å²) in [7, 11) is 0. The Morgan fingerprint density at radius 3 is 2.84 bits per heavy atom. The molecule has 1 unspecified atom stereocenters. The van der Waals surface area contributed by atoms with Crippen molar-refractivity contribution < 1.29 is 0 Å². The highest BCUT2D eigenvalue weighted by Crippen LogP contribution is 2.27. The lowest BCUT2D eigenvalue weighted by Crippen LogP contribution is -2.45. The van der Waals surface area contributed by atoms with E-state index in [1.165, 1.54) is 57.4 Å². The average Bonchev–Trinajstić information content (AvgIpc) is 3.30. The molecule has 3 rings (SSSR count). The van der Waals surface area contributed by atoms with E-state index in [9.17, 15) is 0 Å². The quantitative estimate of drug-likeness (QED) is 0.849. The van der Waals surface area contributed by atoms with Crippen LogP contribution >= 0.6 is 0 Å². The van der Waals surface area contributed by atoms with Crippen LogP contribution in [0.25, 0.3) is 0 Å². The van der Waals surface area contributed by atoms with Crippen molar-refractivity contribution in [1.29, 1.82) is 0 Å². The highest BCUT2D eigenvalue weighted by molar-refractivity contribution is 5.04. The van der Waals surface area contributed by atoms with Crippen molar-refractivity contribution in [2.24, 2.45) is 0 Å². The SMILES string of the molecule is c1ccc(CCN(CC2CCCCN2)C2CC2)nc1. The Morgan fingerprint density at radius 2 is 2.16 bits per heavy atom. The molecule has 2 fully saturated rings. The lowest BCUT2D eigenvalue weighted by atomic mass is 10.0. The van der Waals surface area contributed by atoms with Gasteiger partial charge in [0.1, 0.15) is 0 Å². The van der Waals surface area contributed by atoms with Crippen LogP contribution in [0.4, 0.5) is 0 Å². The summed E-state index contributed by atoms with van der Waals surface area (Å²) in [6.45, 7) is 3.61. The maximum atomic E-state index is 4.43. The number of rotatable bonds is 6.